The molecule has 1 aliphatic carbocycles. The second-order valence-corrected chi connectivity index (χ2v) is 11.0. The number of anilines is 2. The van der Waals surface area contributed by atoms with Crippen molar-refractivity contribution in [3.8, 4) is 0 Å². The largest absolute Gasteiger partial charge is 0.362 e. The monoisotopic (exact) mass is 467 g/mol. The number of hydrogen-bond donors (Lipinski definition) is 2. The van der Waals surface area contributed by atoms with E-state index >= 15 is 0 Å². The first-order chi connectivity index (χ1) is 15.8. The van der Waals surface area contributed by atoms with Gasteiger partial charge in [-0.2, -0.15) is 4.98 Å². The highest BCUT2D eigenvalue weighted by molar-refractivity contribution is 7.89. The minimum atomic E-state index is -3.45. The first-order valence-electron chi connectivity index (χ1n) is 11.6. The zero-order valence-corrected chi connectivity index (χ0v) is 20.4. The second-order valence-electron chi connectivity index (χ2n) is 9.22. The van der Waals surface area contributed by atoms with Crippen LogP contribution < -0.4 is 14.9 Å². The van der Waals surface area contributed by atoms with Gasteiger partial charge in [0, 0.05) is 32.6 Å². The molecule has 33 heavy (non-hydrogen) atoms. The van der Waals surface area contributed by atoms with Crippen LogP contribution >= 0.6 is 0 Å². The van der Waals surface area contributed by atoms with E-state index in [1.54, 1.807) is 18.2 Å². The smallest absolute Gasteiger partial charge is 0.240 e. The predicted molar refractivity (Wildman–Crippen MR) is 134 cm³/mol. The van der Waals surface area contributed by atoms with Crippen molar-refractivity contribution in [1.82, 2.24) is 14.7 Å². The molecule has 3 aromatic rings. The molecule has 0 atom stereocenters. The maximum Gasteiger partial charge on any atom is 0.240 e. The zero-order valence-electron chi connectivity index (χ0n) is 19.6. The van der Waals surface area contributed by atoms with Gasteiger partial charge in [-0.3, -0.25) is 0 Å². The van der Waals surface area contributed by atoms with Crippen LogP contribution in [0.1, 0.15) is 31.2 Å². The topological polar surface area (TPSA) is 87.2 Å². The van der Waals surface area contributed by atoms with Gasteiger partial charge in [0.25, 0.3) is 0 Å². The van der Waals surface area contributed by atoms with Gasteiger partial charge in [-0.25, -0.2) is 18.1 Å². The van der Waals surface area contributed by atoms with Crippen molar-refractivity contribution in [3.63, 3.8) is 0 Å². The number of benzene rings is 2. The Bertz CT molecular complexity index is 1200. The Morgan fingerprint density at radius 1 is 0.939 bits per heavy atom. The third-order valence-electron chi connectivity index (χ3n) is 6.38. The van der Waals surface area contributed by atoms with Crippen LogP contribution in [0, 0.1) is 18.8 Å². The molecular formula is C25H33N5O2S. The molecule has 1 heterocycles. The minimum absolute atomic E-state index is 0.341. The molecule has 1 aliphatic rings. The van der Waals surface area contributed by atoms with Crippen LogP contribution in [0.3, 0.4) is 0 Å². The molecular weight excluding hydrogens is 434 g/mol. The number of aromatic nitrogens is 2. The fourth-order valence-corrected chi connectivity index (χ4v) is 5.67. The molecule has 2 aromatic carbocycles. The molecule has 0 amide bonds. The molecule has 2 N–H and O–H groups in total. The summed E-state index contributed by atoms with van der Waals surface area (Å²) < 4.78 is 28.0. The lowest BCUT2D eigenvalue weighted by molar-refractivity contribution is 0.284. The fourth-order valence-electron chi connectivity index (χ4n) is 4.45. The third-order valence-corrected chi connectivity index (χ3v) is 7.81. The lowest BCUT2D eigenvalue weighted by Crippen LogP contribution is -2.32. The maximum absolute atomic E-state index is 12.6. The van der Waals surface area contributed by atoms with Gasteiger partial charge in [0.2, 0.25) is 16.0 Å². The van der Waals surface area contributed by atoms with Crippen molar-refractivity contribution < 1.29 is 8.42 Å². The number of aryl methyl sites for hydroxylation is 1. The summed E-state index contributed by atoms with van der Waals surface area (Å²) >= 11 is 0. The molecule has 1 saturated carbocycles. The van der Waals surface area contributed by atoms with Crippen molar-refractivity contribution >= 4 is 32.7 Å². The van der Waals surface area contributed by atoms with E-state index in [2.05, 4.69) is 15.0 Å². The first kappa shape index (κ1) is 23.4. The summed E-state index contributed by atoms with van der Waals surface area (Å²) in [5.74, 6) is 2.48. The molecule has 0 bridgehead atoms. The average Bonchev–Trinajstić information content (AvgIpc) is 2.81. The molecule has 4 rings (SSSR count). The zero-order chi connectivity index (χ0) is 23.4. The molecule has 0 spiro atoms. The van der Waals surface area contributed by atoms with Gasteiger partial charge >= 0.3 is 0 Å². The van der Waals surface area contributed by atoms with Crippen LogP contribution in [-0.2, 0) is 10.0 Å². The third kappa shape index (κ3) is 5.81. The van der Waals surface area contributed by atoms with Crippen molar-refractivity contribution in [3.05, 3.63) is 54.1 Å². The van der Waals surface area contributed by atoms with Crippen LogP contribution in [0.5, 0.6) is 0 Å². The highest BCUT2D eigenvalue weighted by Gasteiger charge is 2.23. The number of nitrogens with one attached hydrogen (secondary N) is 2. The summed E-state index contributed by atoms with van der Waals surface area (Å²) in [6.07, 6.45) is 4.17. The van der Waals surface area contributed by atoms with Crippen molar-refractivity contribution in [2.75, 3.05) is 37.4 Å². The normalized spacial score (nSPS) is 18.9. The SMILES string of the molecule is Cc1cccc(S(=O)(=O)NC[C@H]2CC[C@H](CNc3nc(N(C)C)c4ccccc4n3)CC2)c1. The van der Waals surface area contributed by atoms with Crippen LogP contribution in [0.15, 0.2) is 53.4 Å². The predicted octanol–water partition coefficient (Wildman–Crippen LogP) is 4.20. The van der Waals surface area contributed by atoms with E-state index < -0.39 is 10.0 Å². The van der Waals surface area contributed by atoms with Gasteiger partial charge in [-0.1, -0.05) is 24.3 Å². The Morgan fingerprint density at radius 2 is 1.64 bits per heavy atom. The van der Waals surface area contributed by atoms with E-state index in [-0.39, 0.29) is 0 Å². The highest BCUT2D eigenvalue weighted by atomic mass is 32.2. The summed E-state index contributed by atoms with van der Waals surface area (Å²) in [6.45, 7) is 3.22. The van der Waals surface area contributed by atoms with Crippen LogP contribution in [0.2, 0.25) is 0 Å². The van der Waals surface area contributed by atoms with Gasteiger partial charge in [-0.15, -0.1) is 0 Å². The van der Waals surface area contributed by atoms with Crippen molar-refractivity contribution in [2.24, 2.45) is 11.8 Å². The summed E-state index contributed by atoms with van der Waals surface area (Å²) in [7, 11) is 0.532. The number of fused-ring (bicyclic) bond motifs is 1. The van der Waals surface area contributed by atoms with Gasteiger partial charge < -0.3 is 10.2 Å². The average molecular weight is 468 g/mol. The molecule has 0 unspecified atom stereocenters. The van der Waals surface area contributed by atoms with Crippen LogP contribution in [0.25, 0.3) is 10.9 Å². The van der Waals surface area contributed by atoms with Gasteiger partial charge in [0.1, 0.15) is 5.82 Å². The van der Waals surface area contributed by atoms with E-state index in [1.165, 1.54) is 0 Å². The molecule has 0 aliphatic heterocycles. The molecule has 1 aromatic heterocycles. The van der Waals surface area contributed by atoms with Gasteiger partial charge in [0.05, 0.1) is 10.4 Å². The Labute approximate surface area is 196 Å². The summed E-state index contributed by atoms with van der Waals surface area (Å²) in [5.41, 5.74) is 1.88. The van der Waals surface area contributed by atoms with Crippen molar-refractivity contribution in [2.45, 2.75) is 37.5 Å². The Morgan fingerprint density at radius 3 is 2.33 bits per heavy atom. The van der Waals surface area contributed by atoms with E-state index in [4.69, 9.17) is 4.98 Å². The lowest BCUT2D eigenvalue weighted by Gasteiger charge is -2.28. The molecule has 8 heteroatoms. The maximum atomic E-state index is 12.6. The van der Waals surface area contributed by atoms with Gasteiger partial charge in [-0.05, 0) is 74.3 Å². The number of hydrogen-bond acceptors (Lipinski definition) is 6. The number of rotatable bonds is 8. The second kappa shape index (κ2) is 10.1. The molecule has 1 fully saturated rings. The van der Waals surface area contributed by atoms with E-state index in [0.717, 1.165) is 54.5 Å². The molecule has 0 radical (unpaired) electrons. The van der Waals surface area contributed by atoms with Gasteiger partial charge in [0.15, 0.2) is 0 Å². The Balaban J connectivity index is 1.29. The first-order valence-corrected chi connectivity index (χ1v) is 13.0. The van der Waals surface area contributed by atoms with E-state index in [9.17, 15) is 8.42 Å². The Kier molecular flexibility index (Phi) is 7.14. The molecule has 0 saturated heterocycles. The van der Waals surface area contributed by atoms with Crippen LogP contribution in [-0.4, -0.2) is 45.6 Å². The Hall–Kier alpha value is -2.71. The quantitative estimate of drug-likeness (QED) is 0.516. The van der Waals surface area contributed by atoms with E-state index in [1.807, 2.05) is 56.3 Å². The van der Waals surface area contributed by atoms with E-state index in [0.29, 0.717) is 29.2 Å². The standard InChI is InChI=1S/C25H33N5O2S/c1-18-7-6-8-21(15-18)33(31,32)27-17-20-13-11-19(12-14-20)16-26-25-28-23-10-5-4-9-22(23)24(29-25)30(2)3/h4-10,15,19-20,27H,11-14,16-17H2,1-3H3,(H,26,28,29)/t19-,20-. The molecule has 7 nitrogen and oxygen atoms in total. The number of para-hydroxylation sites is 1. The number of sulfonamides is 1. The summed E-state index contributed by atoms with van der Waals surface area (Å²) in [6, 6.07) is 15.1. The molecule has 176 valence electrons. The fraction of sp³-hybridized carbons (Fsp3) is 0.440. The summed E-state index contributed by atoms with van der Waals surface area (Å²) in [5, 5.41) is 4.48. The summed E-state index contributed by atoms with van der Waals surface area (Å²) in [4.78, 5) is 11.8. The highest BCUT2D eigenvalue weighted by Crippen LogP contribution is 2.29. The van der Waals surface area contributed by atoms with Crippen molar-refractivity contribution in [1.29, 1.82) is 0 Å². The van der Waals surface area contributed by atoms with Crippen LogP contribution in [0.4, 0.5) is 11.8 Å². The minimum Gasteiger partial charge on any atom is -0.362 e. The number of nitrogens with zero attached hydrogens (tertiary/aromatic N) is 3. The lowest BCUT2D eigenvalue weighted by atomic mass is 9.82.